The van der Waals surface area contributed by atoms with Crippen LogP contribution >= 0.6 is 23.4 Å². The lowest BCUT2D eigenvalue weighted by Crippen LogP contribution is -2.38. The highest BCUT2D eigenvalue weighted by Crippen LogP contribution is 2.42. The van der Waals surface area contributed by atoms with Gasteiger partial charge in [-0.1, -0.05) is 42.6 Å². The molecule has 9 heteroatoms. The number of halogens is 2. The SMILES string of the molecule is O=C(N=C1S[C@@H]2CS(=O)(=O)C[C@H]2N1c1ccc(F)c(Cl)c1)C1CCCCC1. The van der Waals surface area contributed by atoms with E-state index < -0.39 is 15.7 Å². The maximum absolute atomic E-state index is 13.6. The molecule has 0 aromatic heterocycles. The first-order chi connectivity index (χ1) is 12.8. The minimum Gasteiger partial charge on any atom is -0.316 e. The maximum Gasteiger partial charge on any atom is 0.251 e. The molecule has 0 N–H and O–H groups in total. The largest absolute Gasteiger partial charge is 0.316 e. The van der Waals surface area contributed by atoms with Crippen molar-refractivity contribution in [1.29, 1.82) is 0 Å². The summed E-state index contributed by atoms with van der Waals surface area (Å²) in [6.07, 6.45) is 4.93. The Hall–Kier alpha value is -1.12. The lowest BCUT2D eigenvalue weighted by molar-refractivity contribution is -0.122. The van der Waals surface area contributed by atoms with Crippen molar-refractivity contribution in [2.24, 2.45) is 10.9 Å². The highest BCUT2D eigenvalue weighted by atomic mass is 35.5. The van der Waals surface area contributed by atoms with E-state index in [4.69, 9.17) is 11.6 Å². The van der Waals surface area contributed by atoms with Gasteiger partial charge in [-0.25, -0.2) is 12.8 Å². The van der Waals surface area contributed by atoms with Crippen LogP contribution in [0.25, 0.3) is 0 Å². The molecule has 1 amide bonds. The summed E-state index contributed by atoms with van der Waals surface area (Å²) < 4.78 is 37.8. The Balaban J connectivity index is 1.68. The number of benzene rings is 1. The minimum absolute atomic E-state index is 0.00367. The molecule has 146 valence electrons. The van der Waals surface area contributed by atoms with E-state index in [0.29, 0.717) is 10.9 Å². The normalized spacial score (nSPS) is 29.3. The number of thioether (sulfide) groups is 1. The van der Waals surface area contributed by atoms with Gasteiger partial charge in [-0.3, -0.25) is 4.79 Å². The number of nitrogens with zero attached hydrogens (tertiary/aromatic N) is 2. The van der Waals surface area contributed by atoms with E-state index in [0.717, 1.165) is 32.1 Å². The van der Waals surface area contributed by atoms with Crippen LogP contribution < -0.4 is 4.90 Å². The second-order valence-electron chi connectivity index (χ2n) is 7.34. The zero-order chi connectivity index (χ0) is 19.2. The molecule has 0 spiro atoms. The Bertz CT molecular complexity index is 900. The van der Waals surface area contributed by atoms with E-state index in [1.54, 1.807) is 11.0 Å². The van der Waals surface area contributed by atoms with E-state index in [1.165, 1.54) is 23.9 Å². The number of aliphatic imine (C=N–C) groups is 1. The average Bonchev–Trinajstić information content (AvgIpc) is 3.09. The van der Waals surface area contributed by atoms with E-state index in [2.05, 4.69) is 4.99 Å². The van der Waals surface area contributed by atoms with Crippen molar-refractivity contribution in [2.45, 2.75) is 43.4 Å². The Morgan fingerprint density at radius 3 is 2.67 bits per heavy atom. The fraction of sp³-hybridized carbons (Fsp3) is 0.556. The van der Waals surface area contributed by atoms with Gasteiger partial charge in [-0.15, -0.1) is 0 Å². The van der Waals surface area contributed by atoms with Crippen LogP contribution in [0.1, 0.15) is 32.1 Å². The quantitative estimate of drug-likeness (QED) is 0.716. The molecular formula is C18H20ClFN2O3S2. The molecule has 0 bridgehead atoms. The Kier molecular flexibility index (Phi) is 5.24. The average molecular weight is 431 g/mol. The number of carbonyl (C=O) groups is 1. The van der Waals surface area contributed by atoms with Crippen molar-refractivity contribution in [3.63, 3.8) is 0 Å². The molecule has 4 rings (SSSR count). The molecule has 27 heavy (non-hydrogen) atoms. The molecule has 0 radical (unpaired) electrons. The van der Waals surface area contributed by atoms with Crippen LogP contribution in [0.15, 0.2) is 23.2 Å². The molecule has 2 atom stereocenters. The van der Waals surface area contributed by atoms with E-state index in [9.17, 15) is 17.6 Å². The topological polar surface area (TPSA) is 66.8 Å². The molecule has 2 heterocycles. The summed E-state index contributed by atoms with van der Waals surface area (Å²) in [4.78, 5) is 18.8. The molecule has 1 aromatic carbocycles. The maximum atomic E-state index is 13.6. The summed E-state index contributed by atoms with van der Waals surface area (Å²) in [6, 6.07) is 3.94. The van der Waals surface area contributed by atoms with Gasteiger partial charge in [0.05, 0.1) is 22.6 Å². The first-order valence-electron chi connectivity index (χ1n) is 9.08. The number of sulfone groups is 1. The van der Waals surface area contributed by atoms with Gasteiger partial charge in [0.25, 0.3) is 5.91 Å². The molecule has 3 aliphatic rings. The summed E-state index contributed by atoms with van der Waals surface area (Å²) in [7, 11) is -3.15. The highest BCUT2D eigenvalue weighted by molar-refractivity contribution is 8.16. The Morgan fingerprint density at radius 2 is 1.96 bits per heavy atom. The van der Waals surface area contributed by atoms with Gasteiger partial charge in [0, 0.05) is 16.9 Å². The number of amides is 1. The Morgan fingerprint density at radius 1 is 1.22 bits per heavy atom. The first kappa shape index (κ1) is 19.2. The van der Waals surface area contributed by atoms with Crippen molar-refractivity contribution in [3.8, 4) is 0 Å². The summed E-state index contributed by atoms with van der Waals surface area (Å²) >= 11 is 7.26. The lowest BCUT2D eigenvalue weighted by atomic mass is 9.89. The molecular weight excluding hydrogens is 411 g/mol. The van der Waals surface area contributed by atoms with Crippen LogP contribution in [0.3, 0.4) is 0 Å². The third-order valence-electron chi connectivity index (χ3n) is 5.41. The fourth-order valence-corrected chi connectivity index (χ4v) is 8.13. The lowest BCUT2D eigenvalue weighted by Gasteiger charge is -2.25. The van der Waals surface area contributed by atoms with Crippen LogP contribution in [-0.4, -0.2) is 42.3 Å². The van der Waals surface area contributed by atoms with Crippen LogP contribution in [-0.2, 0) is 14.6 Å². The molecule has 0 unspecified atom stereocenters. The number of rotatable bonds is 2. The predicted octanol–water partition coefficient (Wildman–Crippen LogP) is 3.66. The monoisotopic (exact) mass is 430 g/mol. The first-order valence-corrected chi connectivity index (χ1v) is 12.2. The molecule has 1 saturated carbocycles. The highest BCUT2D eigenvalue weighted by Gasteiger charge is 2.49. The molecule has 3 fully saturated rings. The van der Waals surface area contributed by atoms with Crippen molar-refractivity contribution in [3.05, 3.63) is 29.0 Å². The number of fused-ring (bicyclic) bond motifs is 1. The van der Waals surface area contributed by atoms with Crippen LogP contribution in [0.5, 0.6) is 0 Å². The van der Waals surface area contributed by atoms with Crippen molar-refractivity contribution in [2.75, 3.05) is 16.4 Å². The third-order valence-corrected chi connectivity index (χ3v) is 8.91. The van der Waals surface area contributed by atoms with Crippen LogP contribution in [0.4, 0.5) is 10.1 Å². The second-order valence-corrected chi connectivity index (χ2v) is 11.1. The number of hydrogen-bond acceptors (Lipinski definition) is 4. The summed E-state index contributed by atoms with van der Waals surface area (Å²) in [5, 5.41) is 0.273. The zero-order valence-corrected chi connectivity index (χ0v) is 17.0. The van der Waals surface area contributed by atoms with Crippen molar-refractivity contribution in [1.82, 2.24) is 0 Å². The molecule has 1 aromatic rings. The van der Waals surface area contributed by atoms with E-state index in [1.807, 2.05) is 0 Å². The van der Waals surface area contributed by atoms with Gasteiger partial charge in [0.15, 0.2) is 15.0 Å². The number of carbonyl (C=O) groups excluding carboxylic acids is 1. The van der Waals surface area contributed by atoms with Gasteiger partial charge >= 0.3 is 0 Å². The Labute approximate surface area is 167 Å². The minimum atomic E-state index is -3.15. The zero-order valence-electron chi connectivity index (χ0n) is 14.6. The van der Waals surface area contributed by atoms with Gasteiger partial charge in [-0.05, 0) is 31.0 Å². The van der Waals surface area contributed by atoms with Crippen molar-refractivity contribution >= 4 is 50.0 Å². The predicted molar refractivity (Wildman–Crippen MR) is 107 cm³/mol. The molecule has 2 aliphatic heterocycles. The van der Waals surface area contributed by atoms with Gasteiger partial charge < -0.3 is 4.90 Å². The fourth-order valence-electron chi connectivity index (χ4n) is 4.04. The number of anilines is 1. The van der Waals surface area contributed by atoms with Crippen LogP contribution in [0.2, 0.25) is 5.02 Å². The molecule has 1 aliphatic carbocycles. The number of amidine groups is 1. The van der Waals surface area contributed by atoms with Gasteiger partial charge in [-0.2, -0.15) is 4.99 Å². The third kappa shape index (κ3) is 3.89. The smallest absolute Gasteiger partial charge is 0.251 e. The standard InChI is InChI=1S/C18H20ClFN2O3S2/c19-13-8-12(6-7-14(13)20)22-15-9-27(24,25)10-16(15)26-18(22)21-17(23)11-4-2-1-3-5-11/h6-8,11,15-16H,1-5,9-10H2/t15-,16-/m1/s1. The second kappa shape index (κ2) is 7.37. The summed E-state index contributed by atoms with van der Waals surface area (Å²) in [5.74, 6) is -0.687. The van der Waals surface area contributed by atoms with Gasteiger partial charge in [0.1, 0.15) is 5.82 Å². The van der Waals surface area contributed by atoms with E-state index in [-0.39, 0.29) is 39.6 Å². The van der Waals surface area contributed by atoms with Crippen molar-refractivity contribution < 1.29 is 17.6 Å². The summed E-state index contributed by atoms with van der Waals surface area (Å²) in [6.45, 7) is 0. The van der Waals surface area contributed by atoms with E-state index >= 15 is 0 Å². The molecule has 5 nitrogen and oxygen atoms in total. The molecule has 2 saturated heterocycles. The number of hydrogen-bond donors (Lipinski definition) is 0. The summed E-state index contributed by atoms with van der Waals surface area (Å²) in [5.41, 5.74) is 0.564. The van der Waals surface area contributed by atoms with Crippen LogP contribution in [0, 0.1) is 11.7 Å². The van der Waals surface area contributed by atoms with Gasteiger partial charge in [0.2, 0.25) is 0 Å².